The van der Waals surface area contributed by atoms with Crippen LogP contribution in [0.4, 0.5) is 4.39 Å². The van der Waals surface area contributed by atoms with Gasteiger partial charge in [-0.2, -0.15) is 0 Å². The van der Waals surface area contributed by atoms with Crippen LogP contribution in [0, 0.1) is 5.82 Å². The SMILES string of the molecule is COc1ccc2c(c1)c1c(c(=O)n(Cc3ccccc3)c(=O)n1Cc1cccc(F)c1)n2C. The van der Waals surface area contributed by atoms with E-state index in [4.69, 9.17) is 4.74 Å². The first-order valence-electron chi connectivity index (χ1n) is 10.6. The van der Waals surface area contributed by atoms with Gasteiger partial charge in [0.1, 0.15) is 17.1 Å². The Morgan fingerprint density at radius 2 is 1.55 bits per heavy atom. The van der Waals surface area contributed by atoms with E-state index in [-0.39, 0.29) is 24.5 Å². The van der Waals surface area contributed by atoms with Crippen molar-refractivity contribution in [3.8, 4) is 5.75 Å². The molecule has 0 unspecified atom stereocenters. The molecule has 0 spiro atoms. The van der Waals surface area contributed by atoms with Gasteiger partial charge in [0.05, 0.1) is 31.2 Å². The molecular formula is C26H22FN3O3. The summed E-state index contributed by atoms with van der Waals surface area (Å²) in [5.74, 6) is 0.238. The second kappa shape index (κ2) is 8.09. The zero-order valence-electron chi connectivity index (χ0n) is 18.3. The molecule has 2 heterocycles. The van der Waals surface area contributed by atoms with Crippen LogP contribution < -0.4 is 16.0 Å². The lowest BCUT2D eigenvalue weighted by atomic mass is 10.2. The highest BCUT2D eigenvalue weighted by Crippen LogP contribution is 2.29. The van der Waals surface area contributed by atoms with Crippen LogP contribution in [0.1, 0.15) is 11.1 Å². The van der Waals surface area contributed by atoms with Crippen molar-refractivity contribution < 1.29 is 9.13 Å². The smallest absolute Gasteiger partial charge is 0.332 e. The van der Waals surface area contributed by atoms with Crippen LogP contribution in [0.2, 0.25) is 0 Å². The van der Waals surface area contributed by atoms with Gasteiger partial charge in [0, 0.05) is 12.4 Å². The number of aryl methyl sites for hydroxylation is 1. The van der Waals surface area contributed by atoms with Gasteiger partial charge in [-0.15, -0.1) is 0 Å². The van der Waals surface area contributed by atoms with Gasteiger partial charge in [0.15, 0.2) is 0 Å². The van der Waals surface area contributed by atoms with Crippen LogP contribution >= 0.6 is 0 Å². The first-order valence-corrected chi connectivity index (χ1v) is 10.6. The molecule has 7 heteroatoms. The lowest BCUT2D eigenvalue weighted by molar-refractivity contribution is 0.415. The van der Waals surface area contributed by atoms with Crippen molar-refractivity contribution >= 4 is 21.9 Å². The summed E-state index contributed by atoms with van der Waals surface area (Å²) in [6.07, 6.45) is 0. The maximum atomic E-state index is 13.9. The van der Waals surface area contributed by atoms with Gasteiger partial charge in [0.25, 0.3) is 5.56 Å². The second-order valence-electron chi connectivity index (χ2n) is 8.01. The maximum Gasteiger partial charge on any atom is 0.332 e. The average molecular weight is 443 g/mol. The molecule has 0 aliphatic rings. The number of halogens is 1. The third kappa shape index (κ3) is 3.51. The van der Waals surface area contributed by atoms with Crippen molar-refractivity contribution in [3.63, 3.8) is 0 Å². The first kappa shape index (κ1) is 20.8. The minimum atomic E-state index is -0.448. The van der Waals surface area contributed by atoms with E-state index in [9.17, 15) is 14.0 Å². The van der Waals surface area contributed by atoms with E-state index in [1.54, 1.807) is 28.4 Å². The molecule has 0 aliphatic carbocycles. The van der Waals surface area contributed by atoms with E-state index in [0.717, 1.165) is 16.5 Å². The molecule has 3 aromatic carbocycles. The van der Waals surface area contributed by atoms with Crippen molar-refractivity contribution in [3.05, 3.63) is 111 Å². The molecular weight excluding hydrogens is 421 g/mol. The third-order valence-electron chi connectivity index (χ3n) is 5.97. The molecule has 0 aliphatic heterocycles. The number of rotatable bonds is 5. The number of nitrogens with zero attached hydrogens (tertiary/aromatic N) is 3. The number of hydrogen-bond donors (Lipinski definition) is 0. The standard InChI is InChI=1S/C26H22FN3O3/c1-28-22-12-11-20(33-2)14-21(22)23-24(28)25(31)30(15-17-7-4-3-5-8-17)26(32)29(23)16-18-9-6-10-19(27)13-18/h3-14H,15-16H2,1-2H3. The number of benzene rings is 3. The van der Waals surface area contributed by atoms with Crippen molar-refractivity contribution in [2.45, 2.75) is 13.1 Å². The van der Waals surface area contributed by atoms with E-state index in [2.05, 4.69) is 0 Å². The fraction of sp³-hybridized carbons (Fsp3) is 0.154. The van der Waals surface area contributed by atoms with Crippen molar-refractivity contribution in [1.29, 1.82) is 0 Å². The van der Waals surface area contributed by atoms with E-state index in [1.807, 2.05) is 55.6 Å². The summed E-state index contributed by atoms with van der Waals surface area (Å²) in [5, 5.41) is 0.726. The molecule has 0 fully saturated rings. The second-order valence-corrected chi connectivity index (χ2v) is 8.01. The summed E-state index contributed by atoms with van der Waals surface area (Å²) in [7, 11) is 3.38. The number of fused-ring (bicyclic) bond motifs is 3. The number of methoxy groups -OCH3 is 1. The Labute approximate surface area is 188 Å². The quantitative estimate of drug-likeness (QED) is 0.414. The molecule has 2 aromatic heterocycles. The fourth-order valence-electron chi connectivity index (χ4n) is 4.38. The first-order chi connectivity index (χ1) is 16.0. The molecule has 0 saturated carbocycles. The Morgan fingerprint density at radius 1 is 0.818 bits per heavy atom. The van der Waals surface area contributed by atoms with Gasteiger partial charge >= 0.3 is 5.69 Å². The monoisotopic (exact) mass is 443 g/mol. The van der Waals surface area contributed by atoms with Gasteiger partial charge in [-0.3, -0.25) is 13.9 Å². The van der Waals surface area contributed by atoms with E-state index in [1.165, 1.54) is 16.7 Å². The summed E-state index contributed by atoms with van der Waals surface area (Å²) < 4.78 is 23.9. The lowest BCUT2D eigenvalue weighted by Crippen LogP contribution is -2.40. The molecule has 0 saturated heterocycles. The molecule has 0 bridgehead atoms. The molecule has 6 nitrogen and oxygen atoms in total. The van der Waals surface area contributed by atoms with Gasteiger partial charge in [-0.05, 0) is 41.5 Å². The largest absolute Gasteiger partial charge is 0.497 e. The van der Waals surface area contributed by atoms with E-state index >= 15 is 0 Å². The van der Waals surface area contributed by atoms with Gasteiger partial charge < -0.3 is 9.30 Å². The van der Waals surface area contributed by atoms with E-state index in [0.29, 0.717) is 22.3 Å². The highest BCUT2D eigenvalue weighted by molar-refractivity contribution is 6.06. The topological polar surface area (TPSA) is 58.2 Å². The average Bonchev–Trinajstić information content (AvgIpc) is 3.12. The molecule has 0 N–H and O–H groups in total. The van der Waals surface area contributed by atoms with Gasteiger partial charge in [-0.25, -0.2) is 9.18 Å². The highest BCUT2D eigenvalue weighted by atomic mass is 19.1. The van der Waals surface area contributed by atoms with Crippen molar-refractivity contribution in [2.24, 2.45) is 7.05 Å². The Balaban J connectivity index is 1.86. The van der Waals surface area contributed by atoms with Crippen LogP contribution in [0.25, 0.3) is 21.9 Å². The lowest BCUT2D eigenvalue weighted by Gasteiger charge is -2.14. The highest BCUT2D eigenvalue weighted by Gasteiger charge is 2.21. The normalized spacial score (nSPS) is 11.4. The molecule has 0 atom stereocenters. The Morgan fingerprint density at radius 3 is 2.27 bits per heavy atom. The minimum Gasteiger partial charge on any atom is -0.497 e. The molecule has 166 valence electrons. The van der Waals surface area contributed by atoms with Crippen molar-refractivity contribution in [1.82, 2.24) is 13.7 Å². The maximum absolute atomic E-state index is 13.9. The van der Waals surface area contributed by atoms with Crippen LogP contribution in [0.15, 0.2) is 82.4 Å². The Kier molecular flexibility index (Phi) is 5.09. The minimum absolute atomic E-state index is 0.123. The van der Waals surface area contributed by atoms with Crippen LogP contribution in [-0.2, 0) is 20.1 Å². The number of hydrogen-bond acceptors (Lipinski definition) is 3. The summed E-state index contributed by atoms with van der Waals surface area (Å²) in [5.41, 5.74) is 2.37. The molecule has 0 amide bonds. The molecule has 33 heavy (non-hydrogen) atoms. The summed E-state index contributed by atoms with van der Waals surface area (Å²) in [4.78, 5) is 27.3. The van der Waals surface area contributed by atoms with Gasteiger partial charge in [-0.1, -0.05) is 42.5 Å². The summed E-state index contributed by atoms with van der Waals surface area (Å²) in [6.45, 7) is 0.265. The summed E-state index contributed by atoms with van der Waals surface area (Å²) >= 11 is 0. The van der Waals surface area contributed by atoms with Crippen LogP contribution in [-0.4, -0.2) is 20.8 Å². The fourth-order valence-corrected chi connectivity index (χ4v) is 4.38. The predicted octanol–water partition coefficient (Wildman–Crippen LogP) is 3.90. The predicted molar refractivity (Wildman–Crippen MR) is 127 cm³/mol. The zero-order chi connectivity index (χ0) is 23.1. The summed E-state index contributed by atoms with van der Waals surface area (Å²) in [6, 6.07) is 21.0. The van der Waals surface area contributed by atoms with Crippen molar-refractivity contribution in [2.75, 3.05) is 7.11 Å². The Bertz CT molecular complexity index is 1610. The number of aromatic nitrogens is 3. The van der Waals surface area contributed by atoms with E-state index < -0.39 is 5.69 Å². The molecule has 0 radical (unpaired) electrons. The molecule has 5 rings (SSSR count). The third-order valence-corrected chi connectivity index (χ3v) is 5.97. The van der Waals surface area contributed by atoms with Crippen LogP contribution in [0.5, 0.6) is 5.75 Å². The zero-order valence-corrected chi connectivity index (χ0v) is 18.3. The molecule has 5 aromatic rings. The van der Waals surface area contributed by atoms with Gasteiger partial charge in [0.2, 0.25) is 0 Å². The van der Waals surface area contributed by atoms with Crippen LogP contribution in [0.3, 0.4) is 0 Å². The number of ether oxygens (including phenoxy) is 1. The Hall–Kier alpha value is -4.13.